The molecule has 0 aromatic carbocycles. The minimum absolute atomic E-state index is 0.00197. The minimum Gasteiger partial charge on any atom is -0.392 e. The smallest absolute Gasteiger partial charge is 0.237 e. The maximum Gasteiger partial charge on any atom is 0.237 e. The van der Waals surface area contributed by atoms with Crippen LogP contribution in [-0.4, -0.2) is 49.5 Å². The fourth-order valence-corrected chi connectivity index (χ4v) is 2.25. The molecule has 0 aromatic rings. The van der Waals surface area contributed by atoms with E-state index in [2.05, 4.69) is 10.6 Å². The summed E-state index contributed by atoms with van der Waals surface area (Å²) in [5, 5.41) is 15.2. The topological polar surface area (TPSA) is 70.6 Å². The van der Waals surface area contributed by atoms with Crippen LogP contribution in [0.4, 0.5) is 0 Å². The minimum atomic E-state index is -0.381. The summed E-state index contributed by atoms with van der Waals surface area (Å²) in [4.78, 5) is 11.7. The lowest BCUT2D eigenvalue weighted by atomic mass is 10.0. The molecule has 3 atom stereocenters. The van der Waals surface area contributed by atoms with Gasteiger partial charge in [0.1, 0.15) is 0 Å². The van der Waals surface area contributed by atoms with Gasteiger partial charge in [-0.1, -0.05) is 0 Å². The maximum absolute atomic E-state index is 11.7. The number of hydrogen-bond donors (Lipinski definition) is 3. The second kappa shape index (κ2) is 5.61. The van der Waals surface area contributed by atoms with Gasteiger partial charge in [0.05, 0.1) is 18.8 Å². The van der Waals surface area contributed by atoms with Gasteiger partial charge in [0.15, 0.2) is 0 Å². The van der Waals surface area contributed by atoms with Crippen LogP contribution < -0.4 is 10.6 Å². The SMILES string of the molecule is O=C(NCC1CCCOC1)C1CC(O)CN1. The number of rotatable bonds is 3. The molecule has 0 bridgehead atoms. The van der Waals surface area contributed by atoms with E-state index in [0.717, 1.165) is 26.1 Å². The summed E-state index contributed by atoms with van der Waals surface area (Å²) in [5.74, 6) is 0.450. The van der Waals surface area contributed by atoms with Crippen molar-refractivity contribution in [3.63, 3.8) is 0 Å². The third-order valence-electron chi connectivity index (χ3n) is 3.24. The number of β-amino-alcohol motifs (C(OH)–C–C–N with tert-alkyl or cyclic N) is 1. The third-order valence-corrected chi connectivity index (χ3v) is 3.24. The molecule has 0 saturated carbocycles. The van der Waals surface area contributed by atoms with Gasteiger partial charge in [-0.15, -0.1) is 0 Å². The summed E-state index contributed by atoms with van der Waals surface area (Å²) in [5.41, 5.74) is 0. The molecule has 2 rings (SSSR count). The Hall–Kier alpha value is -0.650. The number of carbonyl (C=O) groups excluding carboxylic acids is 1. The lowest BCUT2D eigenvalue weighted by molar-refractivity contribution is -0.123. The Morgan fingerprint density at radius 1 is 1.56 bits per heavy atom. The third kappa shape index (κ3) is 3.17. The molecule has 2 aliphatic rings. The standard InChI is InChI=1S/C11H20N2O3/c14-9-4-10(12-6-9)11(15)13-5-8-2-1-3-16-7-8/h8-10,12,14H,1-7H2,(H,13,15). The Morgan fingerprint density at radius 3 is 3.06 bits per heavy atom. The van der Waals surface area contributed by atoms with Crippen LogP contribution in [0.1, 0.15) is 19.3 Å². The van der Waals surface area contributed by atoms with E-state index in [1.165, 1.54) is 0 Å². The summed E-state index contributed by atoms with van der Waals surface area (Å²) in [6.45, 7) is 2.81. The first-order valence-electron chi connectivity index (χ1n) is 6.02. The molecule has 1 amide bonds. The molecule has 16 heavy (non-hydrogen) atoms. The molecule has 0 aliphatic carbocycles. The van der Waals surface area contributed by atoms with Crippen LogP contribution in [0.2, 0.25) is 0 Å². The molecule has 2 heterocycles. The Morgan fingerprint density at radius 2 is 2.44 bits per heavy atom. The van der Waals surface area contributed by atoms with Crippen molar-refractivity contribution >= 4 is 5.91 Å². The zero-order valence-electron chi connectivity index (χ0n) is 9.45. The van der Waals surface area contributed by atoms with E-state index in [9.17, 15) is 9.90 Å². The van der Waals surface area contributed by atoms with E-state index in [-0.39, 0.29) is 18.1 Å². The molecule has 0 spiro atoms. The number of amides is 1. The molecule has 0 radical (unpaired) electrons. The van der Waals surface area contributed by atoms with Crippen molar-refractivity contribution in [3.05, 3.63) is 0 Å². The van der Waals surface area contributed by atoms with Crippen molar-refractivity contribution in [3.8, 4) is 0 Å². The lowest BCUT2D eigenvalue weighted by Gasteiger charge is -2.23. The first-order valence-corrected chi connectivity index (χ1v) is 6.02. The van der Waals surface area contributed by atoms with Gasteiger partial charge in [-0.05, 0) is 25.2 Å². The van der Waals surface area contributed by atoms with Crippen molar-refractivity contribution in [2.24, 2.45) is 5.92 Å². The van der Waals surface area contributed by atoms with Crippen LogP contribution >= 0.6 is 0 Å². The van der Waals surface area contributed by atoms with Gasteiger partial charge in [0.2, 0.25) is 5.91 Å². The summed E-state index contributed by atoms with van der Waals surface area (Å²) in [6.07, 6.45) is 2.35. The number of ether oxygens (including phenoxy) is 1. The molecule has 5 heteroatoms. The van der Waals surface area contributed by atoms with Crippen LogP contribution in [0, 0.1) is 5.92 Å². The van der Waals surface area contributed by atoms with Gasteiger partial charge in [0, 0.05) is 19.7 Å². The molecule has 92 valence electrons. The normalized spacial score (nSPS) is 34.9. The summed E-state index contributed by atoms with van der Waals surface area (Å²) in [6, 6.07) is -0.223. The average Bonchev–Trinajstić information content (AvgIpc) is 2.74. The second-order valence-corrected chi connectivity index (χ2v) is 4.68. The highest BCUT2D eigenvalue weighted by Crippen LogP contribution is 2.12. The average molecular weight is 228 g/mol. The molecule has 2 saturated heterocycles. The lowest BCUT2D eigenvalue weighted by Crippen LogP contribution is -2.43. The maximum atomic E-state index is 11.7. The molecule has 3 N–H and O–H groups in total. The summed E-state index contributed by atoms with van der Waals surface area (Å²) in [7, 11) is 0. The molecular weight excluding hydrogens is 208 g/mol. The van der Waals surface area contributed by atoms with Crippen molar-refractivity contribution in [1.29, 1.82) is 0 Å². The van der Waals surface area contributed by atoms with Crippen LogP contribution in [0.25, 0.3) is 0 Å². The van der Waals surface area contributed by atoms with Gasteiger partial charge in [0.25, 0.3) is 0 Å². The van der Waals surface area contributed by atoms with E-state index < -0.39 is 0 Å². The molecule has 5 nitrogen and oxygen atoms in total. The number of aliphatic hydroxyl groups is 1. The van der Waals surface area contributed by atoms with Crippen LogP contribution in [0.3, 0.4) is 0 Å². The van der Waals surface area contributed by atoms with Crippen LogP contribution in [-0.2, 0) is 9.53 Å². The fourth-order valence-electron chi connectivity index (χ4n) is 2.25. The summed E-state index contributed by atoms with van der Waals surface area (Å²) >= 11 is 0. The molecular formula is C11H20N2O3. The quantitative estimate of drug-likeness (QED) is 0.594. The highest BCUT2D eigenvalue weighted by molar-refractivity contribution is 5.82. The predicted molar refractivity (Wildman–Crippen MR) is 59.0 cm³/mol. The molecule has 0 aromatic heterocycles. The molecule has 2 fully saturated rings. The van der Waals surface area contributed by atoms with Crippen molar-refractivity contribution in [2.45, 2.75) is 31.4 Å². The number of carbonyl (C=O) groups is 1. The first kappa shape index (κ1) is 11.8. The van der Waals surface area contributed by atoms with E-state index in [1.54, 1.807) is 0 Å². The molecule has 3 unspecified atom stereocenters. The highest BCUT2D eigenvalue weighted by atomic mass is 16.5. The first-order chi connectivity index (χ1) is 7.75. The predicted octanol–water partition coefficient (Wildman–Crippen LogP) is -0.748. The number of hydrogen-bond acceptors (Lipinski definition) is 4. The van der Waals surface area contributed by atoms with Gasteiger partial charge < -0.3 is 20.5 Å². The van der Waals surface area contributed by atoms with Crippen molar-refractivity contribution in [2.75, 3.05) is 26.3 Å². The fraction of sp³-hybridized carbons (Fsp3) is 0.909. The molecule has 2 aliphatic heterocycles. The Balaban J connectivity index is 1.67. The van der Waals surface area contributed by atoms with E-state index in [4.69, 9.17) is 4.74 Å². The Bertz CT molecular complexity index is 241. The Labute approximate surface area is 95.5 Å². The van der Waals surface area contributed by atoms with Crippen molar-refractivity contribution < 1.29 is 14.6 Å². The van der Waals surface area contributed by atoms with Crippen LogP contribution in [0.5, 0.6) is 0 Å². The van der Waals surface area contributed by atoms with Crippen LogP contribution in [0.15, 0.2) is 0 Å². The number of aliphatic hydroxyl groups excluding tert-OH is 1. The van der Waals surface area contributed by atoms with E-state index >= 15 is 0 Å². The van der Waals surface area contributed by atoms with Gasteiger partial charge in [-0.2, -0.15) is 0 Å². The zero-order chi connectivity index (χ0) is 11.4. The van der Waals surface area contributed by atoms with E-state index in [0.29, 0.717) is 25.4 Å². The monoisotopic (exact) mass is 228 g/mol. The van der Waals surface area contributed by atoms with Crippen molar-refractivity contribution in [1.82, 2.24) is 10.6 Å². The van der Waals surface area contributed by atoms with Gasteiger partial charge >= 0.3 is 0 Å². The van der Waals surface area contributed by atoms with E-state index in [1.807, 2.05) is 0 Å². The highest BCUT2D eigenvalue weighted by Gasteiger charge is 2.28. The Kier molecular flexibility index (Phi) is 4.15. The zero-order valence-corrected chi connectivity index (χ0v) is 9.45. The van der Waals surface area contributed by atoms with Gasteiger partial charge in [-0.25, -0.2) is 0 Å². The summed E-state index contributed by atoms with van der Waals surface area (Å²) < 4.78 is 5.35. The second-order valence-electron chi connectivity index (χ2n) is 4.68. The number of nitrogens with one attached hydrogen (secondary N) is 2. The largest absolute Gasteiger partial charge is 0.392 e. The van der Waals surface area contributed by atoms with Gasteiger partial charge in [-0.3, -0.25) is 4.79 Å².